The monoisotopic (exact) mass is 320 g/mol. The third-order valence-electron chi connectivity index (χ3n) is 3.20. The van der Waals surface area contributed by atoms with Crippen LogP contribution in [0.15, 0.2) is 35.1 Å². The van der Waals surface area contributed by atoms with Gasteiger partial charge in [-0.3, -0.25) is 4.79 Å². The molecule has 21 heavy (non-hydrogen) atoms. The largest absolute Gasteiger partial charge is 0.507 e. The van der Waals surface area contributed by atoms with Gasteiger partial charge in [0.15, 0.2) is 0 Å². The normalized spacial score (nSPS) is 11.0. The Labute approximate surface area is 130 Å². The number of fused-ring (bicyclic) bond motifs is 1. The van der Waals surface area contributed by atoms with Crippen LogP contribution < -0.4 is 5.56 Å². The van der Waals surface area contributed by atoms with Gasteiger partial charge in [0.2, 0.25) is 0 Å². The van der Waals surface area contributed by atoms with E-state index in [-0.39, 0.29) is 17.1 Å². The molecule has 0 spiro atoms. The van der Waals surface area contributed by atoms with Crippen LogP contribution in [-0.2, 0) is 0 Å². The maximum Gasteiger partial charge on any atom is 0.259 e. The summed E-state index contributed by atoms with van der Waals surface area (Å²) in [5.41, 5.74) is 1.26. The maximum atomic E-state index is 12.1. The minimum absolute atomic E-state index is 0.00132. The molecule has 3 aromatic rings. The number of benzene rings is 2. The Morgan fingerprint density at radius 3 is 2.71 bits per heavy atom. The summed E-state index contributed by atoms with van der Waals surface area (Å²) in [6.07, 6.45) is 0. The van der Waals surface area contributed by atoms with Crippen LogP contribution in [0.2, 0.25) is 10.0 Å². The van der Waals surface area contributed by atoms with Crippen LogP contribution in [0.5, 0.6) is 5.75 Å². The van der Waals surface area contributed by atoms with E-state index in [4.69, 9.17) is 23.2 Å². The Hall–Kier alpha value is -2.04. The standard InChI is InChI=1S/C15H10Cl2N2O2/c1-7-4-13(20)10(6-11(7)17)14-18-12-5-8(16)2-3-9(12)15(21)19-14/h2-6,20H,1H3,(H,18,19,21). The lowest BCUT2D eigenvalue weighted by molar-refractivity contribution is 0.476. The summed E-state index contributed by atoms with van der Waals surface area (Å²) >= 11 is 12.0. The molecule has 0 saturated heterocycles. The first-order valence-corrected chi connectivity index (χ1v) is 6.90. The van der Waals surface area contributed by atoms with Crippen molar-refractivity contribution >= 4 is 34.1 Å². The van der Waals surface area contributed by atoms with Crippen LogP contribution in [-0.4, -0.2) is 15.1 Å². The zero-order valence-electron chi connectivity index (χ0n) is 10.9. The van der Waals surface area contributed by atoms with Gasteiger partial charge in [-0.25, -0.2) is 4.98 Å². The lowest BCUT2D eigenvalue weighted by Gasteiger charge is -2.08. The summed E-state index contributed by atoms with van der Waals surface area (Å²) < 4.78 is 0. The fraction of sp³-hybridized carbons (Fsp3) is 0.0667. The zero-order valence-corrected chi connectivity index (χ0v) is 12.5. The van der Waals surface area contributed by atoms with Crippen LogP contribution in [0.3, 0.4) is 0 Å². The molecule has 0 bridgehead atoms. The van der Waals surface area contributed by atoms with Crippen molar-refractivity contribution in [3.05, 3.63) is 56.3 Å². The molecule has 3 rings (SSSR count). The van der Waals surface area contributed by atoms with Gasteiger partial charge < -0.3 is 10.1 Å². The van der Waals surface area contributed by atoms with Crippen molar-refractivity contribution in [2.75, 3.05) is 0 Å². The van der Waals surface area contributed by atoms with Crippen molar-refractivity contribution in [2.45, 2.75) is 6.92 Å². The van der Waals surface area contributed by atoms with Crippen LogP contribution >= 0.6 is 23.2 Å². The smallest absolute Gasteiger partial charge is 0.259 e. The molecule has 0 saturated carbocycles. The summed E-state index contributed by atoms with van der Waals surface area (Å²) in [7, 11) is 0. The summed E-state index contributed by atoms with van der Waals surface area (Å²) in [6, 6.07) is 7.93. The number of nitrogens with one attached hydrogen (secondary N) is 1. The fourth-order valence-electron chi connectivity index (χ4n) is 2.10. The van der Waals surface area contributed by atoms with Crippen LogP contribution in [0.1, 0.15) is 5.56 Å². The van der Waals surface area contributed by atoms with E-state index in [2.05, 4.69) is 9.97 Å². The molecule has 6 heteroatoms. The predicted octanol–water partition coefficient (Wildman–Crippen LogP) is 3.91. The topological polar surface area (TPSA) is 66.0 Å². The second kappa shape index (κ2) is 5.06. The van der Waals surface area contributed by atoms with Crippen molar-refractivity contribution in [1.29, 1.82) is 0 Å². The molecule has 0 fully saturated rings. The van der Waals surface area contributed by atoms with Crippen LogP contribution in [0, 0.1) is 6.92 Å². The van der Waals surface area contributed by atoms with E-state index in [1.807, 2.05) is 0 Å². The average Bonchev–Trinajstić information content (AvgIpc) is 2.42. The number of aromatic nitrogens is 2. The molecule has 0 radical (unpaired) electrons. The number of halogens is 2. The third kappa shape index (κ3) is 2.48. The number of rotatable bonds is 1. The summed E-state index contributed by atoms with van der Waals surface area (Å²) in [5.74, 6) is 0.246. The molecule has 4 nitrogen and oxygen atoms in total. The van der Waals surface area contributed by atoms with Crippen molar-refractivity contribution in [2.24, 2.45) is 0 Å². The molecule has 1 heterocycles. The number of H-pyrrole nitrogens is 1. The van der Waals surface area contributed by atoms with Crippen molar-refractivity contribution in [3.63, 3.8) is 0 Å². The Morgan fingerprint density at radius 2 is 1.95 bits per heavy atom. The summed E-state index contributed by atoms with van der Waals surface area (Å²) in [4.78, 5) is 19.1. The third-order valence-corrected chi connectivity index (χ3v) is 3.84. The van der Waals surface area contributed by atoms with Gasteiger partial charge >= 0.3 is 0 Å². The quantitative estimate of drug-likeness (QED) is 0.714. The molecular weight excluding hydrogens is 311 g/mol. The van der Waals surface area contributed by atoms with Crippen molar-refractivity contribution in [3.8, 4) is 17.1 Å². The molecule has 106 valence electrons. The summed E-state index contributed by atoms with van der Waals surface area (Å²) in [6.45, 7) is 1.78. The van der Waals surface area contributed by atoms with Crippen LogP contribution in [0.4, 0.5) is 0 Å². The van der Waals surface area contributed by atoms with Crippen LogP contribution in [0.25, 0.3) is 22.3 Å². The predicted molar refractivity (Wildman–Crippen MR) is 84.2 cm³/mol. The highest BCUT2D eigenvalue weighted by atomic mass is 35.5. The Kier molecular flexibility index (Phi) is 3.35. The molecule has 2 N–H and O–H groups in total. The number of hydrogen-bond donors (Lipinski definition) is 2. The zero-order chi connectivity index (χ0) is 15.1. The van der Waals surface area contributed by atoms with E-state index in [9.17, 15) is 9.90 Å². The number of phenols is 1. The van der Waals surface area contributed by atoms with Crippen molar-refractivity contribution in [1.82, 2.24) is 9.97 Å². The van der Waals surface area contributed by atoms with Gasteiger partial charge in [-0.2, -0.15) is 0 Å². The van der Waals surface area contributed by atoms with Gasteiger partial charge in [0.05, 0.1) is 16.5 Å². The molecule has 0 aliphatic heterocycles. The van der Waals surface area contributed by atoms with E-state index in [0.29, 0.717) is 26.5 Å². The first kappa shape index (κ1) is 13.9. The highest BCUT2D eigenvalue weighted by Crippen LogP contribution is 2.32. The highest BCUT2D eigenvalue weighted by molar-refractivity contribution is 6.32. The minimum Gasteiger partial charge on any atom is -0.507 e. The highest BCUT2D eigenvalue weighted by Gasteiger charge is 2.12. The van der Waals surface area contributed by atoms with E-state index in [1.54, 1.807) is 31.2 Å². The molecule has 0 atom stereocenters. The lowest BCUT2D eigenvalue weighted by atomic mass is 10.1. The van der Waals surface area contributed by atoms with Crippen molar-refractivity contribution < 1.29 is 5.11 Å². The Bertz CT molecular complexity index is 919. The maximum absolute atomic E-state index is 12.1. The van der Waals surface area contributed by atoms with Gasteiger partial charge in [0, 0.05) is 10.0 Å². The van der Waals surface area contributed by atoms with Gasteiger partial charge in [-0.1, -0.05) is 23.2 Å². The minimum atomic E-state index is -0.303. The Morgan fingerprint density at radius 1 is 1.19 bits per heavy atom. The van der Waals surface area contributed by atoms with E-state index in [1.165, 1.54) is 6.07 Å². The first-order chi connectivity index (χ1) is 9.95. The fourth-order valence-corrected chi connectivity index (χ4v) is 2.43. The van der Waals surface area contributed by atoms with Gasteiger partial charge in [-0.15, -0.1) is 0 Å². The number of aryl methyl sites for hydroxylation is 1. The molecule has 0 unspecified atom stereocenters. The van der Waals surface area contributed by atoms with E-state index >= 15 is 0 Å². The lowest BCUT2D eigenvalue weighted by Crippen LogP contribution is -2.09. The van der Waals surface area contributed by atoms with Gasteiger partial charge in [0.1, 0.15) is 11.6 Å². The summed E-state index contributed by atoms with van der Waals surface area (Å²) in [5, 5.41) is 11.4. The number of phenolic OH excluding ortho intramolecular Hbond substituents is 1. The molecule has 0 aliphatic carbocycles. The first-order valence-electron chi connectivity index (χ1n) is 6.15. The number of aromatic amines is 1. The van der Waals surface area contributed by atoms with Gasteiger partial charge in [-0.05, 0) is 42.8 Å². The molecule has 0 aliphatic rings. The number of hydrogen-bond acceptors (Lipinski definition) is 3. The van der Waals surface area contributed by atoms with E-state index in [0.717, 1.165) is 5.56 Å². The van der Waals surface area contributed by atoms with Gasteiger partial charge in [0.25, 0.3) is 5.56 Å². The molecule has 2 aromatic carbocycles. The molecular formula is C15H10Cl2N2O2. The number of nitrogens with zero attached hydrogens (tertiary/aromatic N) is 1. The average molecular weight is 321 g/mol. The second-order valence-electron chi connectivity index (χ2n) is 4.69. The Balaban J connectivity index is 2.31. The number of aromatic hydroxyl groups is 1. The second-order valence-corrected chi connectivity index (χ2v) is 5.54. The van der Waals surface area contributed by atoms with E-state index < -0.39 is 0 Å². The molecule has 0 amide bonds. The molecule has 1 aromatic heterocycles. The SMILES string of the molecule is Cc1cc(O)c(-c2nc3cc(Cl)ccc3c(=O)[nH]2)cc1Cl.